The van der Waals surface area contributed by atoms with E-state index >= 15 is 0 Å². The molecule has 1 unspecified atom stereocenters. The first-order valence-electron chi connectivity index (χ1n) is 7.84. The minimum absolute atomic E-state index is 0. The molecule has 9 heteroatoms. The van der Waals surface area contributed by atoms with E-state index < -0.39 is 35.8 Å². The average Bonchev–Trinajstić information content (AvgIpc) is 2.97. The van der Waals surface area contributed by atoms with Crippen LogP contribution in [-0.4, -0.2) is 69.7 Å². The van der Waals surface area contributed by atoms with Gasteiger partial charge in [0.2, 0.25) is 11.8 Å². The maximum atomic E-state index is 12.9. The molecule has 2 heterocycles. The van der Waals surface area contributed by atoms with Gasteiger partial charge in [0.05, 0.1) is 6.61 Å². The van der Waals surface area contributed by atoms with Crippen molar-refractivity contribution < 1.29 is 24.2 Å². The summed E-state index contributed by atoms with van der Waals surface area (Å²) in [6.07, 6.45) is 1.11. The van der Waals surface area contributed by atoms with Crippen molar-refractivity contribution in [2.45, 2.75) is 57.2 Å². The van der Waals surface area contributed by atoms with E-state index in [4.69, 9.17) is 10.5 Å². The zero-order valence-electron chi connectivity index (χ0n) is 14.4. The molecule has 2 atom stereocenters. The number of primary amides is 1. The number of amides is 3. The number of rotatable bonds is 3. The van der Waals surface area contributed by atoms with Crippen molar-refractivity contribution in [3.63, 3.8) is 0 Å². The van der Waals surface area contributed by atoms with Gasteiger partial charge in [0, 0.05) is 13.1 Å². The summed E-state index contributed by atoms with van der Waals surface area (Å²) in [6, 6.07) is -1.05. The van der Waals surface area contributed by atoms with Gasteiger partial charge in [-0.15, -0.1) is 0 Å². The molecule has 0 saturated carbocycles. The lowest BCUT2D eigenvalue weighted by Gasteiger charge is -2.35. The van der Waals surface area contributed by atoms with Crippen LogP contribution in [-0.2, 0) is 14.3 Å². The summed E-state index contributed by atoms with van der Waals surface area (Å²) in [5.74, 6) is -1.08. The first kappa shape index (κ1) is 20.6. The SMILES string of the molecule is CC(C)(C)OC(=O)N1CCCC12CCN([C@@H](CO)C(N)=O)C2=O.S. The fourth-order valence-electron chi connectivity index (χ4n) is 3.36. The summed E-state index contributed by atoms with van der Waals surface area (Å²) in [5.41, 5.74) is 3.63. The van der Waals surface area contributed by atoms with Gasteiger partial charge in [-0.1, -0.05) is 0 Å². The Kier molecular flexibility index (Phi) is 6.15. The van der Waals surface area contributed by atoms with E-state index in [1.54, 1.807) is 20.8 Å². The van der Waals surface area contributed by atoms with E-state index in [1.807, 2.05) is 0 Å². The van der Waals surface area contributed by atoms with Gasteiger partial charge >= 0.3 is 6.09 Å². The van der Waals surface area contributed by atoms with Gasteiger partial charge in [-0.05, 0) is 40.0 Å². The standard InChI is InChI=1S/C15H25N3O5.H2S/c1-14(2,3)23-13(22)18-7-4-5-15(18)6-8-17(12(15)21)10(9-19)11(16)20;/h10,19H,4-9H2,1-3H3,(H2,16,20);1H2/t10-,15?;/m0./s1. The van der Waals surface area contributed by atoms with Crippen LogP contribution >= 0.6 is 13.5 Å². The molecule has 24 heavy (non-hydrogen) atoms. The van der Waals surface area contributed by atoms with Crippen LogP contribution in [0.5, 0.6) is 0 Å². The minimum Gasteiger partial charge on any atom is -0.444 e. The molecule has 3 N–H and O–H groups in total. The lowest BCUT2D eigenvalue weighted by Crippen LogP contribution is -2.57. The van der Waals surface area contributed by atoms with E-state index in [0.29, 0.717) is 25.8 Å². The van der Waals surface area contributed by atoms with Gasteiger partial charge in [-0.2, -0.15) is 13.5 Å². The third-order valence-corrected chi connectivity index (χ3v) is 4.41. The first-order valence-corrected chi connectivity index (χ1v) is 7.84. The highest BCUT2D eigenvalue weighted by Gasteiger charge is 2.57. The highest BCUT2D eigenvalue weighted by Crippen LogP contribution is 2.40. The zero-order valence-corrected chi connectivity index (χ0v) is 15.4. The molecule has 138 valence electrons. The maximum Gasteiger partial charge on any atom is 0.411 e. The number of aliphatic hydroxyl groups excluding tert-OH is 1. The predicted molar refractivity (Wildman–Crippen MR) is 91.7 cm³/mol. The number of hydrogen-bond donors (Lipinski definition) is 2. The van der Waals surface area contributed by atoms with Gasteiger partial charge in [-0.3, -0.25) is 14.5 Å². The van der Waals surface area contributed by atoms with Gasteiger partial charge in [0.1, 0.15) is 17.2 Å². The van der Waals surface area contributed by atoms with Crippen LogP contribution in [0.3, 0.4) is 0 Å². The van der Waals surface area contributed by atoms with E-state index in [0.717, 1.165) is 0 Å². The first-order chi connectivity index (χ1) is 10.6. The van der Waals surface area contributed by atoms with Crippen LogP contribution in [0.4, 0.5) is 4.79 Å². The lowest BCUT2D eigenvalue weighted by molar-refractivity contribution is -0.143. The van der Waals surface area contributed by atoms with Crippen molar-refractivity contribution in [2.24, 2.45) is 5.73 Å². The Morgan fingerprint density at radius 2 is 1.96 bits per heavy atom. The summed E-state index contributed by atoms with van der Waals surface area (Å²) >= 11 is 0. The number of likely N-dealkylation sites (tertiary alicyclic amines) is 2. The van der Waals surface area contributed by atoms with Gasteiger partial charge < -0.3 is 20.5 Å². The smallest absolute Gasteiger partial charge is 0.411 e. The number of nitrogens with two attached hydrogens (primary N) is 1. The van der Waals surface area contributed by atoms with Crippen molar-refractivity contribution in [3.05, 3.63) is 0 Å². The molecule has 0 bridgehead atoms. The monoisotopic (exact) mass is 361 g/mol. The molecule has 2 aliphatic heterocycles. The molecular formula is C15H27N3O5S. The van der Waals surface area contributed by atoms with E-state index in [1.165, 1.54) is 9.80 Å². The highest BCUT2D eigenvalue weighted by molar-refractivity contribution is 7.59. The number of aliphatic hydroxyl groups is 1. The number of ether oxygens (including phenoxy) is 1. The van der Waals surface area contributed by atoms with E-state index in [-0.39, 0.29) is 25.9 Å². The number of carbonyl (C=O) groups excluding carboxylic acids is 3. The van der Waals surface area contributed by atoms with Crippen LogP contribution in [0.2, 0.25) is 0 Å². The Labute approximate surface area is 148 Å². The fourth-order valence-corrected chi connectivity index (χ4v) is 3.36. The Morgan fingerprint density at radius 3 is 2.46 bits per heavy atom. The Bertz CT molecular complexity index is 522. The number of hydrogen-bond acceptors (Lipinski definition) is 5. The van der Waals surface area contributed by atoms with Crippen LogP contribution < -0.4 is 5.73 Å². The van der Waals surface area contributed by atoms with Gasteiger partial charge in [0.15, 0.2) is 0 Å². The topological polar surface area (TPSA) is 113 Å². The molecule has 0 radical (unpaired) electrons. The lowest BCUT2D eigenvalue weighted by atomic mass is 9.94. The molecule has 0 aromatic heterocycles. The Morgan fingerprint density at radius 1 is 1.33 bits per heavy atom. The van der Waals surface area contributed by atoms with Crippen molar-refractivity contribution >= 4 is 31.4 Å². The summed E-state index contributed by atoms with van der Waals surface area (Å²) in [5, 5.41) is 9.33. The highest BCUT2D eigenvalue weighted by atomic mass is 32.1. The van der Waals surface area contributed by atoms with E-state index in [9.17, 15) is 19.5 Å². The summed E-state index contributed by atoms with van der Waals surface area (Å²) in [7, 11) is 0. The van der Waals surface area contributed by atoms with E-state index in [2.05, 4.69) is 0 Å². The predicted octanol–water partition coefficient (Wildman–Crippen LogP) is -0.0526. The number of carbonyl (C=O) groups is 3. The summed E-state index contributed by atoms with van der Waals surface area (Å²) < 4.78 is 5.40. The summed E-state index contributed by atoms with van der Waals surface area (Å²) in [4.78, 5) is 39.5. The van der Waals surface area contributed by atoms with Crippen LogP contribution in [0, 0.1) is 0 Å². The zero-order chi connectivity index (χ0) is 17.4. The van der Waals surface area contributed by atoms with Crippen molar-refractivity contribution in [3.8, 4) is 0 Å². The number of nitrogens with zero attached hydrogens (tertiary/aromatic N) is 2. The van der Waals surface area contributed by atoms with Crippen LogP contribution in [0.25, 0.3) is 0 Å². The molecule has 0 aromatic rings. The molecule has 8 nitrogen and oxygen atoms in total. The molecule has 2 saturated heterocycles. The second-order valence-electron chi connectivity index (χ2n) is 7.12. The Hall–Kier alpha value is -1.48. The third-order valence-electron chi connectivity index (χ3n) is 4.41. The second-order valence-corrected chi connectivity index (χ2v) is 7.12. The van der Waals surface area contributed by atoms with Crippen molar-refractivity contribution in [2.75, 3.05) is 19.7 Å². The fraction of sp³-hybridized carbons (Fsp3) is 0.800. The van der Waals surface area contributed by atoms with Gasteiger partial charge in [0.25, 0.3) is 0 Å². The normalized spacial score (nSPS) is 24.9. The third kappa shape index (κ3) is 3.61. The quantitative estimate of drug-likeness (QED) is 0.731. The van der Waals surface area contributed by atoms with Crippen LogP contribution in [0.1, 0.15) is 40.0 Å². The molecule has 0 aliphatic carbocycles. The second kappa shape index (κ2) is 7.18. The largest absolute Gasteiger partial charge is 0.444 e. The van der Waals surface area contributed by atoms with Crippen molar-refractivity contribution in [1.29, 1.82) is 0 Å². The van der Waals surface area contributed by atoms with Gasteiger partial charge in [-0.25, -0.2) is 4.79 Å². The molecule has 0 aromatic carbocycles. The van der Waals surface area contributed by atoms with Crippen molar-refractivity contribution in [1.82, 2.24) is 9.80 Å². The summed E-state index contributed by atoms with van der Waals surface area (Å²) in [6.45, 7) is 5.51. The molecular weight excluding hydrogens is 334 g/mol. The maximum absolute atomic E-state index is 12.9. The molecule has 2 rings (SSSR count). The molecule has 3 amide bonds. The molecule has 2 aliphatic rings. The average molecular weight is 361 g/mol. The molecule has 2 fully saturated rings. The van der Waals surface area contributed by atoms with Crippen LogP contribution in [0.15, 0.2) is 0 Å². The Balaban J connectivity index is 0.00000288. The minimum atomic E-state index is -1.05. The molecule has 1 spiro atoms.